The van der Waals surface area contributed by atoms with Crippen molar-refractivity contribution in [3.63, 3.8) is 0 Å². The lowest BCUT2D eigenvalue weighted by Gasteiger charge is -2.31. The number of benzene rings is 1. The Hall–Kier alpha value is -2.34. The molecule has 1 aliphatic heterocycles. The molecule has 1 aliphatic rings. The Kier molecular flexibility index (Phi) is 4.34. The lowest BCUT2D eigenvalue weighted by atomic mass is 10.1. The number of carbonyl (C=O) groups is 2. The zero-order valence-corrected chi connectivity index (χ0v) is 13.0. The molecule has 2 heterocycles. The molecule has 1 fully saturated rings. The summed E-state index contributed by atoms with van der Waals surface area (Å²) < 4.78 is 5.28. The number of amides is 1. The van der Waals surface area contributed by atoms with Gasteiger partial charge in [0.2, 0.25) is 0 Å². The molecule has 1 atom stereocenters. The van der Waals surface area contributed by atoms with Crippen LogP contribution in [0.1, 0.15) is 17.5 Å². The van der Waals surface area contributed by atoms with Gasteiger partial charge in [-0.1, -0.05) is 11.6 Å². The first-order valence-corrected chi connectivity index (χ1v) is 7.73. The Morgan fingerprint density at radius 3 is 3.09 bits per heavy atom. The van der Waals surface area contributed by atoms with Crippen LogP contribution in [0.5, 0.6) is 0 Å². The van der Waals surface area contributed by atoms with Crippen molar-refractivity contribution in [3.05, 3.63) is 35.5 Å². The van der Waals surface area contributed by atoms with Crippen LogP contribution in [0.15, 0.2) is 24.4 Å². The van der Waals surface area contributed by atoms with Crippen LogP contribution >= 0.6 is 0 Å². The Labute approximate surface area is 134 Å². The number of carboxylic acid groups (broad SMARTS) is 1. The van der Waals surface area contributed by atoms with Gasteiger partial charge in [0.05, 0.1) is 13.0 Å². The highest BCUT2D eigenvalue weighted by molar-refractivity contribution is 5.86. The number of aliphatic carboxylic acids is 1. The van der Waals surface area contributed by atoms with E-state index in [1.807, 2.05) is 6.20 Å². The van der Waals surface area contributed by atoms with Gasteiger partial charge in [0.15, 0.2) is 0 Å². The van der Waals surface area contributed by atoms with Gasteiger partial charge in [0.25, 0.3) is 5.91 Å². The number of aryl methyl sites for hydroxylation is 1. The number of ether oxygens (including phenoxy) is 1. The van der Waals surface area contributed by atoms with Crippen LogP contribution in [-0.2, 0) is 20.7 Å². The van der Waals surface area contributed by atoms with E-state index in [0.29, 0.717) is 19.7 Å². The fourth-order valence-corrected chi connectivity index (χ4v) is 2.97. The van der Waals surface area contributed by atoms with Crippen molar-refractivity contribution in [1.29, 1.82) is 0 Å². The van der Waals surface area contributed by atoms with Gasteiger partial charge in [-0.15, -0.1) is 0 Å². The molecule has 0 saturated carbocycles. The van der Waals surface area contributed by atoms with E-state index >= 15 is 0 Å². The SMILES string of the molecule is Cc1ccc2[nH]cc(CCN3CCOC(CC(=O)O)C3=O)c2c1. The zero-order valence-electron chi connectivity index (χ0n) is 13.0. The second kappa shape index (κ2) is 6.42. The minimum absolute atomic E-state index is 0.227. The van der Waals surface area contributed by atoms with E-state index in [4.69, 9.17) is 9.84 Å². The number of hydrogen-bond donors (Lipinski definition) is 2. The molecule has 0 spiro atoms. The summed E-state index contributed by atoms with van der Waals surface area (Å²) in [5.74, 6) is -1.24. The molecular weight excluding hydrogens is 296 g/mol. The molecule has 1 unspecified atom stereocenters. The summed E-state index contributed by atoms with van der Waals surface area (Å²) in [6, 6.07) is 6.25. The molecule has 23 heavy (non-hydrogen) atoms. The molecule has 6 heteroatoms. The summed E-state index contributed by atoms with van der Waals surface area (Å²) >= 11 is 0. The van der Waals surface area contributed by atoms with Gasteiger partial charge in [-0.2, -0.15) is 0 Å². The maximum Gasteiger partial charge on any atom is 0.306 e. The van der Waals surface area contributed by atoms with Gasteiger partial charge >= 0.3 is 5.97 Å². The highest BCUT2D eigenvalue weighted by Crippen LogP contribution is 2.21. The average molecular weight is 316 g/mol. The van der Waals surface area contributed by atoms with Crippen molar-refractivity contribution in [2.24, 2.45) is 0 Å². The van der Waals surface area contributed by atoms with E-state index in [1.54, 1.807) is 4.90 Å². The normalized spacial score (nSPS) is 18.6. The number of morpholine rings is 1. The summed E-state index contributed by atoms with van der Waals surface area (Å²) in [4.78, 5) is 28.0. The van der Waals surface area contributed by atoms with Gasteiger partial charge in [-0.25, -0.2) is 0 Å². The number of aromatic amines is 1. The first-order valence-electron chi connectivity index (χ1n) is 7.73. The van der Waals surface area contributed by atoms with Gasteiger partial charge in [0.1, 0.15) is 6.10 Å². The lowest BCUT2D eigenvalue weighted by molar-refractivity contribution is -0.159. The summed E-state index contributed by atoms with van der Waals surface area (Å²) in [5.41, 5.74) is 3.45. The maximum atomic E-state index is 12.3. The number of carboxylic acids is 1. The number of nitrogens with zero attached hydrogens (tertiary/aromatic N) is 1. The van der Waals surface area contributed by atoms with Crippen molar-refractivity contribution >= 4 is 22.8 Å². The first kappa shape index (κ1) is 15.6. The zero-order chi connectivity index (χ0) is 16.4. The van der Waals surface area contributed by atoms with Crippen molar-refractivity contribution in [2.75, 3.05) is 19.7 Å². The van der Waals surface area contributed by atoms with E-state index in [-0.39, 0.29) is 12.3 Å². The maximum absolute atomic E-state index is 12.3. The third-order valence-corrected chi connectivity index (χ3v) is 4.20. The molecule has 0 aliphatic carbocycles. The van der Waals surface area contributed by atoms with Crippen molar-refractivity contribution in [2.45, 2.75) is 25.9 Å². The minimum Gasteiger partial charge on any atom is -0.481 e. The number of carbonyl (C=O) groups excluding carboxylic acids is 1. The van der Waals surface area contributed by atoms with Crippen LogP contribution in [-0.4, -0.2) is 52.7 Å². The molecule has 1 saturated heterocycles. The van der Waals surface area contributed by atoms with E-state index in [0.717, 1.165) is 17.5 Å². The molecule has 2 aromatic rings. The summed E-state index contributed by atoms with van der Waals surface area (Å²) in [7, 11) is 0. The summed E-state index contributed by atoms with van der Waals surface area (Å²) in [6.07, 6.45) is 1.58. The molecular formula is C17H20N2O4. The fraction of sp³-hybridized carbons (Fsp3) is 0.412. The van der Waals surface area contributed by atoms with Crippen LogP contribution in [0.25, 0.3) is 10.9 Å². The van der Waals surface area contributed by atoms with E-state index in [1.165, 1.54) is 10.9 Å². The Balaban J connectivity index is 1.68. The minimum atomic E-state index is -1.02. The fourth-order valence-electron chi connectivity index (χ4n) is 2.97. The van der Waals surface area contributed by atoms with Gasteiger partial charge < -0.3 is 19.7 Å². The third-order valence-electron chi connectivity index (χ3n) is 4.20. The highest BCUT2D eigenvalue weighted by atomic mass is 16.5. The number of fused-ring (bicyclic) bond motifs is 1. The van der Waals surface area contributed by atoms with Crippen LogP contribution in [0.4, 0.5) is 0 Å². The average Bonchev–Trinajstić information content (AvgIpc) is 2.90. The van der Waals surface area contributed by atoms with E-state index < -0.39 is 12.1 Å². The van der Waals surface area contributed by atoms with Crippen LogP contribution in [0.2, 0.25) is 0 Å². The molecule has 0 radical (unpaired) electrons. The van der Waals surface area contributed by atoms with Crippen molar-refractivity contribution < 1.29 is 19.4 Å². The van der Waals surface area contributed by atoms with Gasteiger partial charge in [-0.05, 0) is 31.0 Å². The predicted octanol–water partition coefficient (Wildman–Crippen LogP) is 1.72. The number of rotatable bonds is 5. The second-order valence-corrected chi connectivity index (χ2v) is 5.90. The topological polar surface area (TPSA) is 82.6 Å². The molecule has 0 bridgehead atoms. The molecule has 1 amide bonds. The Morgan fingerprint density at radius 2 is 2.30 bits per heavy atom. The largest absolute Gasteiger partial charge is 0.481 e. The standard InChI is InChI=1S/C17H20N2O4/c1-11-2-3-14-13(8-11)12(10-18-14)4-5-19-6-7-23-15(17(19)22)9-16(20)21/h2-3,8,10,15,18H,4-7,9H2,1H3,(H,20,21). The second-order valence-electron chi connectivity index (χ2n) is 5.90. The van der Waals surface area contributed by atoms with Crippen LogP contribution in [0.3, 0.4) is 0 Å². The summed E-state index contributed by atoms with van der Waals surface area (Å²) in [6.45, 7) is 3.52. The number of hydrogen-bond acceptors (Lipinski definition) is 3. The first-order chi connectivity index (χ1) is 11.0. The van der Waals surface area contributed by atoms with Crippen molar-refractivity contribution in [3.8, 4) is 0 Å². The summed E-state index contributed by atoms with van der Waals surface area (Å²) in [5, 5.41) is 10.0. The van der Waals surface area contributed by atoms with E-state index in [9.17, 15) is 9.59 Å². The molecule has 1 aromatic heterocycles. The molecule has 6 nitrogen and oxygen atoms in total. The quantitative estimate of drug-likeness (QED) is 0.880. The predicted molar refractivity (Wildman–Crippen MR) is 85.3 cm³/mol. The van der Waals surface area contributed by atoms with Gasteiger partial charge in [-0.3, -0.25) is 9.59 Å². The molecule has 122 valence electrons. The smallest absolute Gasteiger partial charge is 0.306 e. The Morgan fingerprint density at radius 1 is 1.48 bits per heavy atom. The van der Waals surface area contributed by atoms with Crippen molar-refractivity contribution in [1.82, 2.24) is 9.88 Å². The third kappa shape index (κ3) is 3.37. The number of nitrogens with one attached hydrogen (secondary N) is 1. The monoisotopic (exact) mass is 316 g/mol. The lowest BCUT2D eigenvalue weighted by Crippen LogP contribution is -2.49. The highest BCUT2D eigenvalue weighted by Gasteiger charge is 2.31. The number of H-pyrrole nitrogens is 1. The Bertz CT molecular complexity index is 737. The molecule has 1 aromatic carbocycles. The number of aromatic nitrogens is 1. The molecule has 3 rings (SSSR count). The van der Waals surface area contributed by atoms with E-state index in [2.05, 4.69) is 30.1 Å². The van der Waals surface area contributed by atoms with Crippen LogP contribution < -0.4 is 0 Å². The molecule has 2 N–H and O–H groups in total. The van der Waals surface area contributed by atoms with Gasteiger partial charge in [0, 0.05) is 30.2 Å². The van der Waals surface area contributed by atoms with Crippen LogP contribution in [0, 0.1) is 6.92 Å².